The summed E-state index contributed by atoms with van der Waals surface area (Å²) in [5.41, 5.74) is -0.588. The van der Waals surface area contributed by atoms with E-state index < -0.39 is 41.8 Å². The summed E-state index contributed by atoms with van der Waals surface area (Å²) in [6.07, 6.45) is -2.26. The van der Waals surface area contributed by atoms with Crippen LogP contribution in [-0.2, 0) is 23.7 Å². The maximum Gasteiger partial charge on any atom is 0.339 e. The fourth-order valence-electron chi connectivity index (χ4n) is 3.52. The van der Waals surface area contributed by atoms with E-state index in [-0.39, 0.29) is 6.61 Å². The summed E-state index contributed by atoms with van der Waals surface area (Å²) in [6.45, 7) is 4.43. The van der Waals surface area contributed by atoms with Gasteiger partial charge in [0.05, 0.1) is 17.2 Å². The van der Waals surface area contributed by atoms with Crippen molar-refractivity contribution >= 4 is 40.5 Å². The molecule has 0 spiro atoms. The zero-order valence-corrected chi connectivity index (χ0v) is 19.5. The lowest BCUT2D eigenvalue weighted by molar-refractivity contribution is -0.160. The lowest BCUT2D eigenvalue weighted by Crippen LogP contribution is -2.52. The van der Waals surface area contributed by atoms with E-state index in [9.17, 15) is 14.4 Å². The van der Waals surface area contributed by atoms with Crippen LogP contribution < -0.4 is 0 Å². The molecule has 1 aliphatic heterocycles. The first-order valence-electron chi connectivity index (χ1n) is 9.75. The second-order valence-corrected chi connectivity index (χ2v) is 8.54. The van der Waals surface area contributed by atoms with Crippen LogP contribution in [0.3, 0.4) is 0 Å². The van der Waals surface area contributed by atoms with Crippen LogP contribution in [0, 0.1) is 3.57 Å². The molecule has 3 rings (SSSR count). The maximum atomic E-state index is 12.8. The summed E-state index contributed by atoms with van der Waals surface area (Å²) in [5, 5.41) is 0. The first-order chi connectivity index (χ1) is 14.7. The van der Waals surface area contributed by atoms with Crippen molar-refractivity contribution in [3.8, 4) is 0 Å². The predicted molar refractivity (Wildman–Crippen MR) is 120 cm³/mol. The largest absolute Gasteiger partial charge is 0.459 e. The Morgan fingerprint density at radius 3 is 2.32 bits per heavy atom. The van der Waals surface area contributed by atoms with E-state index in [2.05, 4.69) is 22.6 Å². The topological polar surface area (TPSA) is 88.1 Å². The second kappa shape index (κ2) is 9.78. The quantitative estimate of drug-likeness (QED) is 0.314. The number of esters is 3. The predicted octanol–water partition coefficient (Wildman–Crippen LogP) is 3.78. The smallest absolute Gasteiger partial charge is 0.339 e. The van der Waals surface area contributed by atoms with Gasteiger partial charge in [-0.1, -0.05) is 30.3 Å². The summed E-state index contributed by atoms with van der Waals surface area (Å²) in [4.78, 5) is 37.0. The number of rotatable bonds is 6. The molecule has 0 radical (unpaired) electrons. The fraction of sp³-hybridized carbons (Fsp3) is 0.348. The minimum absolute atomic E-state index is 0.176. The molecule has 0 aromatic heterocycles. The highest BCUT2D eigenvalue weighted by molar-refractivity contribution is 14.1. The molecule has 2 aromatic rings. The molecule has 1 aliphatic rings. The van der Waals surface area contributed by atoms with Crippen LogP contribution in [0.4, 0.5) is 0 Å². The molecule has 8 heteroatoms. The van der Waals surface area contributed by atoms with Gasteiger partial charge in [0.15, 0.2) is 11.7 Å². The second-order valence-electron chi connectivity index (χ2n) is 7.38. The van der Waals surface area contributed by atoms with Crippen LogP contribution in [0.1, 0.15) is 41.5 Å². The molecule has 0 N–H and O–H groups in total. The minimum atomic E-state index is -1.36. The molecule has 2 aromatic carbocycles. The zero-order valence-electron chi connectivity index (χ0n) is 17.4. The van der Waals surface area contributed by atoms with Crippen molar-refractivity contribution in [2.75, 3.05) is 6.61 Å². The van der Waals surface area contributed by atoms with Crippen molar-refractivity contribution in [1.29, 1.82) is 0 Å². The molecule has 31 heavy (non-hydrogen) atoms. The van der Waals surface area contributed by atoms with E-state index in [0.717, 1.165) is 3.57 Å². The Morgan fingerprint density at radius 2 is 1.68 bits per heavy atom. The molecule has 7 nitrogen and oxygen atoms in total. The number of benzene rings is 2. The Hall–Kier alpha value is -2.46. The van der Waals surface area contributed by atoms with Crippen molar-refractivity contribution in [1.82, 2.24) is 0 Å². The molecule has 164 valence electrons. The van der Waals surface area contributed by atoms with Crippen molar-refractivity contribution in [2.45, 2.75) is 44.7 Å². The fourth-order valence-corrected chi connectivity index (χ4v) is 4.13. The van der Waals surface area contributed by atoms with Gasteiger partial charge in [0.1, 0.15) is 12.7 Å². The highest BCUT2D eigenvalue weighted by Gasteiger charge is 2.57. The van der Waals surface area contributed by atoms with Gasteiger partial charge in [-0.25, -0.2) is 9.59 Å². The van der Waals surface area contributed by atoms with Gasteiger partial charge in [0.2, 0.25) is 0 Å². The van der Waals surface area contributed by atoms with Crippen LogP contribution in [0.5, 0.6) is 0 Å². The van der Waals surface area contributed by atoms with Gasteiger partial charge in [0.25, 0.3) is 0 Å². The van der Waals surface area contributed by atoms with Crippen molar-refractivity contribution in [3.05, 3.63) is 69.3 Å². The number of hydrogen-bond donors (Lipinski definition) is 0. The Labute approximate surface area is 194 Å². The van der Waals surface area contributed by atoms with Crippen LogP contribution in [0.25, 0.3) is 0 Å². The molecule has 2 unspecified atom stereocenters. The molecule has 1 fully saturated rings. The van der Waals surface area contributed by atoms with E-state index in [0.29, 0.717) is 11.1 Å². The average Bonchev–Trinajstić information content (AvgIpc) is 2.96. The van der Waals surface area contributed by atoms with E-state index in [1.54, 1.807) is 62.4 Å². The van der Waals surface area contributed by atoms with Gasteiger partial charge in [-0.3, -0.25) is 4.79 Å². The molecule has 1 heterocycles. The first-order valence-corrected chi connectivity index (χ1v) is 10.8. The third-order valence-electron chi connectivity index (χ3n) is 5.08. The van der Waals surface area contributed by atoms with E-state index in [1.165, 1.54) is 6.92 Å². The summed E-state index contributed by atoms with van der Waals surface area (Å²) in [7, 11) is 0. The number of carbonyl (C=O) groups is 3. The van der Waals surface area contributed by atoms with Gasteiger partial charge in [-0.05, 0) is 60.7 Å². The van der Waals surface area contributed by atoms with E-state index >= 15 is 0 Å². The summed E-state index contributed by atoms with van der Waals surface area (Å²) in [6, 6.07) is 15.5. The highest BCUT2D eigenvalue weighted by atomic mass is 127. The molecule has 0 amide bonds. The monoisotopic (exact) mass is 538 g/mol. The lowest BCUT2D eigenvalue weighted by atomic mass is 9.92. The molecular formula is C23H23IO7. The maximum absolute atomic E-state index is 12.8. The zero-order chi connectivity index (χ0) is 22.6. The minimum Gasteiger partial charge on any atom is -0.459 e. The number of ether oxygens (including phenoxy) is 4. The number of hydrogen-bond acceptors (Lipinski definition) is 7. The Kier molecular flexibility index (Phi) is 7.32. The Balaban J connectivity index is 1.81. The third-order valence-corrected chi connectivity index (χ3v) is 6.02. The van der Waals surface area contributed by atoms with Gasteiger partial charge in [0, 0.05) is 10.5 Å². The van der Waals surface area contributed by atoms with Gasteiger partial charge >= 0.3 is 17.9 Å². The normalized spacial score (nSPS) is 25.0. The SMILES string of the molecule is CC(=O)O[C@H]1C(C)O[C@@H](COC(=O)c2ccccc2I)C1(C)OC(=O)c1ccccc1. The van der Waals surface area contributed by atoms with Gasteiger partial charge in [-0.15, -0.1) is 0 Å². The highest BCUT2D eigenvalue weighted by Crippen LogP contribution is 2.37. The Morgan fingerprint density at radius 1 is 1.03 bits per heavy atom. The Bertz CT molecular complexity index is 961. The van der Waals surface area contributed by atoms with Crippen LogP contribution >= 0.6 is 22.6 Å². The van der Waals surface area contributed by atoms with Crippen LogP contribution in [-0.4, -0.2) is 48.4 Å². The molecule has 0 aliphatic carbocycles. The summed E-state index contributed by atoms with van der Waals surface area (Å²) >= 11 is 2.05. The summed E-state index contributed by atoms with van der Waals surface area (Å²) in [5.74, 6) is -1.64. The van der Waals surface area contributed by atoms with Gasteiger partial charge in [-0.2, -0.15) is 0 Å². The third kappa shape index (κ3) is 5.24. The number of halogens is 1. The van der Waals surface area contributed by atoms with Crippen LogP contribution in [0.2, 0.25) is 0 Å². The molecule has 0 saturated carbocycles. The van der Waals surface area contributed by atoms with E-state index in [1.807, 2.05) is 6.07 Å². The van der Waals surface area contributed by atoms with Crippen molar-refractivity contribution in [3.63, 3.8) is 0 Å². The first kappa shape index (κ1) is 23.2. The van der Waals surface area contributed by atoms with Crippen molar-refractivity contribution < 1.29 is 33.3 Å². The summed E-state index contributed by atoms with van der Waals surface area (Å²) < 4.78 is 23.4. The van der Waals surface area contributed by atoms with Crippen LogP contribution in [0.15, 0.2) is 54.6 Å². The average molecular weight is 538 g/mol. The molecular weight excluding hydrogens is 515 g/mol. The molecule has 0 bridgehead atoms. The van der Waals surface area contributed by atoms with E-state index in [4.69, 9.17) is 18.9 Å². The number of carbonyl (C=O) groups excluding carboxylic acids is 3. The lowest BCUT2D eigenvalue weighted by Gasteiger charge is -2.33. The standard InChI is InChI=1S/C23H23IO7/c1-14-20(30-15(2)25)23(3,31-21(26)16-9-5-4-6-10-16)19(29-14)13-28-22(27)17-11-7-8-12-18(17)24/h4-12,14,19-20H,13H2,1-3H3/t14?,19-,20-,23?/m0/s1. The van der Waals surface area contributed by atoms with Gasteiger partial charge < -0.3 is 18.9 Å². The molecule has 4 atom stereocenters. The molecule has 1 saturated heterocycles. The van der Waals surface area contributed by atoms with Crippen molar-refractivity contribution in [2.24, 2.45) is 0 Å².